The highest BCUT2D eigenvalue weighted by Crippen LogP contribution is 2.15. The molecule has 3 nitrogen and oxygen atoms in total. The molecule has 0 saturated carbocycles. The summed E-state index contributed by atoms with van der Waals surface area (Å²) in [5, 5.41) is 0. The summed E-state index contributed by atoms with van der Waals surface area (Å²) in [7, 11) is 3.80. The summed E-state index contributed by atoms with van der Waals surface area (Å²) >= 11 is 0. The zero-order chi connectivity index (χ0) is 14.6. The molecule has 1 atom stereocenters. The maximum atomic E-state index is 13.6. The van der Waals surface area contributed by atoms with E-state index in [0.717, 1.165) is 6.07 Å². The van der Waals surface area contributed by atoms with E-state index in [-0.39, 0.29) is 11.6 Å². The molecule has 0 fully saturated rings. The first-order valence-corrected chi connectivity index (χ1v) is 6.28. The van der Waals surface area contributed by atoms with E-state index in [1.165, 1.54) is 17.0 Å². The molecular weight excluding hydrogens is 250 g/mol. The fourth-order valence-electron chi connectivity index (χ4n) is 2.11. The van der Waals surface area contributed by atoms with Crippen molar-refractivity contribution < 1.29 is 13.6 Å². The first-order valence-electron chi connectivity index (χ1n) is 6.28. The topological polar surface area (TPSA) is 23.6 Å². The van der Waals surface area contributed by atoms with Crippen molar-refractivity contribution in [1.29, 1.82) is 0 Å². The summed E-state index contributed by atoms with van der Waals surface area (Å²) in [6.45, 7) is 4.82. The normalized spacial score (nSPS) is 12.6. The number of likely N-dealkylation sites (N-methyl/N-ethyl adjacent to an activating group) is 2. The Kier molecular flexibility index (Phi) is 5.42. The van der Waals surface area contributed by atoms with Crippen LogP contribution >= 0.6 is 0 Å². The number of rotatable bonds is 5. The molecule has 0 aliphatic carbocycles. The highest BCUT2D eigenvalue weighted by atomic mass is 19.2. The van der Waals surface area contributed by atoms with Crippen LogP contribution in [0.15, 0.2) is 18.2 Å². The van der Waals surface area contributed by atoms with Gasteiger partial charge in [-0.25, -0.2) is 8.78 Å². The van der Waals surface area contributed by atoms with Gasteiger partial charge in [0.1, 0.15) is 0 Å². The zero-order valence-corrected chi connectivity index (χ0v) is 11.8. The van der Waals surface area contributed by atoms with Gasteiger partial charge in [-0.3, -0.25) is 4.79 Å². The predicted molar refractivity (Wildman–Crippen MR) is 71.1 cm³/mol. The average molecular weight is 270 g/mol. The largest absolute Gasteiger partial charge is 0.335 e. The van der Waals surface area contributed by atoms with Gasteiger partial charge in [-0.15, -0.1) is 0 Å². The molecule has 0 bridgehead atoms. The number of amides is 1. The van der Waals surface area contributed by atoms with Crippen LogP contribution in [0.4, 0.5) is 8.78 Å². The Hall–Kier alpha value is -1.49. The van der Waals surface area contributed by atoms with Gasteiger partial charge in [0.25, 0.3) is 5.91 Å². The zero-order valence-electron chi connectivity index (χ0n) is 11.8. The lowest BCUT2D eigenvalue weighted by Crippen LogP contribution is -2.44. The van der Waals surface area contributed by atoms with Crippen LogP contribution in [0.3, 0.4) is 0 Å². The summed E-state index contributed by atoms with van der Waals surface area (Å²) in [5.41, 5.74) is -0.215. The number of hydrogen-bond donors (Lipinski definition) is 0. The summed E-state index contributed by atoms with van der Waals surface area (Å²) in [4.78, 5) is 15.8. The Bertz CT molecular complexity index is 449. The van der Waals surface area contributed by atoms with Gasteiger partial charge < -0.3 is 9.80 Å². The van der Waals surface area contributed by atoms with Gasteiger partial charge in [-0.05, 0) is 40.1 Å². The fourth-order valence-corrected chi connectivity index (χ4v) is 2.11. The molecule has 0 spiro atoms. The van der Waals surface area contributed by atoms with Crippen LogP contribution in [0, 0.1) is 11.6 Å². The minimum atomic E-state index is -1.08. The first kappa shape index (κ1) is 15.6. The second kappa shape index (κ2) is 6.61. The van der Waals surface area contributed by atoms with Crippen molar-refractivity contribution in [2.24, 2.45) is 0 Å². The Morgan fingerprint density at radius 2 is 1.95 bits per heavy atom. The fraction of sp³-hybridized carbons (Fsp3) is 0.500. The maximum Gasteiger partial charge on any atom is 0.257 e. The smallest absolute Gasteiger partial charge is 0.257 e. The third-order valence-corrected chi connectivity index (χ3v) is 2.94. The molecule has 0 N–H and O–H groups in total. The molecule has 1 aromatic rings. The molecular formula is C14H20F2N2O. The van der Waals surface area contributed by atoms with Crippen molar-refractivity contribution in [3.8, 4) is 0 Å². The van der Waals surface area contributed by atoms with Gasteiger partial charge in [0, 0.05) is 19.1 Å². The SMILES string of the molecule is CCN(C(=O)c1cccc(F)c1F)C(C)CN(C)C. The van der Waals surface area contributed by atoms with Crippen molar-refractivity contribution in [1.82, 2.24) is 9.80 Å². The van der Waals surface area contributed by atoms with Crippen LogP contribution < -0.4 is 0 Å². The van der Waals surface area contributed by atoms with Gasteiger partial charge in [0.2, 0.25) is 0 Å². The predicted octanol–water partition coefficient (Wildman–Crippen LogP) is 2.38. The molecule has 0 heterocycles. The van der Waals surface area contributed by atoms with E-state index >= 15 is 0 Å². The summed E-state index contributed by atoms with van der Waals surface area (Å²) < 4.78 is 26.8. The Morgan fingerprint density at radius 3 is 2.47 bits per heavy atom. The molecule has 0 aliphatic heterocycles. The average Bonchev–Trinajstić information content (AvgIpc) is 2.32. The number of halogens is 2. The van der Waals surface area contributed by atoms with Crippen LogP contribution in [0.25, 0.3) is 0 Å². The molecule has 19 heavy (non-hydrogen) atoms. The first-order chi connectivity index (χ1) is 8.88. The van der Waals surface area contributed by atoms with Gasteiger partial charge in [-0.1, -0.05) is 6.07 Å². The van der Waals surface area contributed by atoms with Crippen molar-refractivity contribution in [2.75, 3.05) is 27.2 Å². The monoisotopic (exact) mass is 270 g/mol. The van der Waals surface area contributed by atoms with Gasteiger partial charge in [0.05, 0.1) is 5.56 Å². The van der Waals surface area contributed by atoms with Crippen LogP contribution in [-0.4, -0.2) is 48.9 Å². The maximum absolute atomic E-state index is 13.6. The molecule has 5 heteroatoms. The molecule has 1 amide bonds. The number of hydrogen-bond acceptors (Lipinski definition) is 2. The van der Waals surface area contributed by atoms with Crippen LogP contribution in [-0.2, 0) is 0 Å². The molecule has 0 saturated heterocycles. The third kappa shape index (κ3) is 3.73. The molecule has 0 aromatic heterocycles. The van der Waals surface area contributed by atoms with Crippen LogP contribution in [0.2, 0.25) is 0 Å². The van der Waals surface area contributed by atoms with E-state index in [4.69, 9.17) is 0 Å². The summed E-state index contributed by atoms with van der Waals surface area (Å²) in [6, 6.07) is 3.59. The number of nitrogens with zero attached hydrogens (tertiary/aromatic N) is 2. The van der Waals surface area contributed by atoms with Gasteiger partial charge in [0.15, 0.2) is 11.6 Å². The Balaban J connectivity index is 2.98. The van der Waals surface area contributed by atoms with E-state index in [1.807, 2.05) is 32.8 Å². The Labute approximate surface area is 112 Å². The van der Waals surface area contributed by atoms with Gasteiger partial charge in [-0.2, -0.15) is 0 Å². The van der Waals surface area contributed by atoms with E-state index in [9.17, 15) is 13.6 Å². The van der Waals surface area contributed by atoms with Crippen molar-refractivity contribution in [3.05, 3.63) is 35.4 Å². The lowest BCUT2D eigenvalue weighted by atomic mass is 10.1. The van der Waals surface area contributed by atoms with Crippen LogP contribution in [0.1, 0.15) is 24.2 Å². The minimum absolute atomic E-state index is 0.0739. The molecule has 1 rings (SSSR count). The third-order valence-electron chi connectivity index (χ3n) is 2.94. The minimum Gasteiger partial charge on any atom is -0.335 e. The second-order valence-electron chi connectivity index (χ2n) is 4.80. The van der Waals surface area contributed by atoms with E-state index in [1.54, 1.807) is 0 Å². The van der Waals surface area contributed by atoms with Gasteiger partial charge >= 0.3 is 0 Å². The molecule has 0 aliphatic rings. The Morgan fingerprint density at radius 1 is 1.32 bits per heavy atom. The van der Waals surface area contributed by atoms with Crippen molar-refractivity contribution in [2.45, 2.75) is 19.9 Å². The standard InChI is InChI=1S/C14H20F2N2O/c1-5-18(10(2)9-17(3)4)14(19)11-7-6-8-12(15)13(11)16/h6-8,10H,5,9H2,1-4H3. The molecule has 106 valence electrons. The van der Waals surface area contributed by atoms with Crippen LogP contribution in [0.5, 0.6) is 0 Å². The number of benzene rings is 1. The van der Waals surface area contributed by atoms with Crippen molar-refractivity contribution >= 4 is 5.91 Å². The number of carbonyl (C=O) groups is 1. The lowest BCUT2D eigenvalue weighted by Gasteiger charge is -2.30. The number of carbonyl (C=O) groups excluding carboxylic acids is 1. The lowest BCUT2D eigenvalue weighted by molar-refractivity contribution is 0.0673. The molecule has 1 aromatic carbocycles. The van der Waals surface area contributed by atoms with E-state index < -0.39 is 17.5 Å². The highest BCUT2D eigenvalue weighted by molar-refractivity contribution is 5.94. The molecule has 0 radical (unpaired) electrons. The second-order valence-corrected chi connectivity index (χ2v) is 4.80. The van der Waals surface area contributed by atoms with E-state index in [0.29, 0.717) is 13.1 Å². The van der Waals surface area contributed by atoms with Crippen molar-refractivity contribution in [3.63, 3.8) is 0 Å². The summed E-state index contributed by atoms with van der Waals surface area (Å²) in [6.07, 6.45) is 0. The molecule has 1 unspecified atom stereocenters. The highest BCUT2D eigenvalue weighted by Gasteiger charge is 2.24. The summed E-state index contributed by atoms with van der Waals surface area (Å²) in [5.74, 6) is -2.56. The quantitative estimate of drug-likeness (QED) is 0.820. The van der Waals surface area contributed by atoms with E-state index in [2.05, 4.69) is 0 Å².